The third-order valence-electron chi connectivity index (χ3n) is 6.87. The van der Waals surface area contributed by atoms with Crippen LogP contribution in [0.25, 0.3) is 21.6 Å². The number of morpholine rings is 1. The van der Waals surface area contributed by atoms with Gasteiger partial charge in [0.2, 0.25) is 5.95 Å². The third-order valence-corrected chi connectivity index (χ3v) is 7.89. The summed E-state index contributed by atoms with van der Waals surface area (Å²) in [6, 6.07) is 2.91. The van der Waals surface area contributed by atoms with Gasteiger partial charge >= 0.3 is 0 Å². The van der Waals surface area contributed by atoms with E-state index in [2.05, 4.69) is 37.8 Å². The van der Waals surface area contributed by atoms with E-state index in [1.54, 1.807) is 30.8 Å². The van der Waals surface area contributed by atoms with E-state index in [0.29, 0.717) is 25.1 Å². The first-order valence-corrected chi connectivity index (χ1v) is 13.0. The van der Waals surface area contributed by atoms with Crippen LogP contribution in [-0.4, -0.2) is 102 Å². The van der Waals surface area contributed by atoms with Gasteiger partial charge in [-0.15, -0.1) is 11.3 Å². The Labute approximate surface area is 210 Å². The van der Waals surface area contributed by atoms with Crippen molar-refractivity contribution in [1.29, 1.82) is 0 Å². The van der Waals surface area contributed by atoms with Gasteiger partial charge in [-0.05, 0) is 26.0 Å². The predicted molar refractivity (Wildman–Crippen MR) is 139 cm³/mol. The molecule has 2 fully saturated rings. The highest BCUT2D eigenvalue weighted by atomic mass is 32.1. The van der Waals surface area contributed by atoms with Crippen molar-refractivity contribution in [3.8, 4) is 11.4 Å². The van der Waals surface area contributed by atoms with Gasteiger partial charge < -0.3 is 25.0 Å². The van der Waals surface area contributed by atoms with E-state index >= 15 is 0 Å². The Morgan fingerprint density at radius 1 is 1.14 bits per heavy atom. The van der Waals surface area contributed by atoms with E-state index in [1.807, 2.05) is 0 Å². The predicted octanol–water partition coefficient (Wildman–Crippen LogP) is 2.11. The number of nitrogen functional groups attached to an aromatic ring is 1. The van der Waals surface area contributed by atoms with E-state index < -0.39 is 0 Å². The van der Waals surface area contributed by atoms with Crippen molar-refractivity contribution in [2.24, 2.45) is 0 Å². The normalized spacial score (nSPS) is 18.1. The van der Waals surface area contributed by atoms with Crippen LogP contribution in [0.15, 0.2) is 18.5 Å². The van der Waals surface area contributed by atoms with Crippen LogP contribution in [0.1, 0.15) is 17.7 Å². The minimum Gasteiger partial charge on any atom is -0.383 e. The number of nitrogens with two attached hydrogens (primary N) is 1. The molecule has 0 amide bonds. The molecule has 0 radical (unpaired) electrons. The Kier molecular flexibility index (Phi) is 7.69. The van der Waals surface area contributed by atoms with Gasteiger partial charge in [-0.3, -0.25) is 4.90 Å². The number of likely N-dealkylation sites (tertiary alicyclic amines) is 1. The summed E-state index contributed by atoms with van der Waals surface area (Å²) in [5.74, 6) is 1.84. The van der Waals surface area contributed by atoms with Gasteiger partial charge in [-0.25, -0.2) is 19.9 Å². The number of methoxy groups -OCH3 is 1. The standard InChI is InChI=1S/C24H34N8O2S/c1-30(7-10-33-2)18-3-5-31(6-4-18)16-19-13-20-22(32-8-11-34-12-9-32)28-21(29-23(20)35-19)17-14-26-24(25)27-15-17/h13-15,18H,3-12,16H2,1-2H3,(H2,25,26,27). The fourth-order valence-electron chi connectivity index (χ4n) is 4.79. The van der Waals surface area contributed by atoms with Crippen LogP contribution < -0.4 is 10.6 Å². The van der Waals surface area contributed by atoms with Crippen LogP contribution in [-0.2, 0) is 16.0 Å². The number of likely N-dealkylation sites (N-methyl/N-ethyl adjacent to an activating group) is 1. The van der Waals surface area contributed by atoms with E-state index in [9.17, 15) is 0 Å². The lowest BCUT2D eigenvalue weighted by Crippen LogP contribution is -2.43. The summed E-state index contributed by atoms with van der Waals surface area (Å²) in [7, 11) is 3.98. The quantitative estimate of drug-likeness (QED) is 0.496. The van der Waals surface area contributed by atoms with Gasteiger partial charge in [0, 0.05) is 69.7 Å². The number of aromatic nitrogens is 4. The van der Waals surface area contributed by atoms with Gasteiger partial charge in [-0.2, -0.15) is 0 Å². The lowest BCUT2D eigenvalue weighted by atomic mass is 10.0. The van der Waals surface area contributed by atoms with E-state index in [4.69, 9.17) is 25.2 Å². The van der Waals surface area contributed by atoms with Gasteiger partial charge in [0.25, 0.3) is 0 Å². The third kappa shape index (κ3) is 5.70. The summed E-state index contributed by atoms with van der Waals surface area (Å²) >= 11 is 1.76. The molecule has 5 rings (SSSR count). The molecule has 2 N–H and O–H groups in total. The maximum absolute atomic E-state index is 5.68. The average molecular weight is 499 g/mol. The van der Waals surface area contributed by atoms with Crippen LogP contribution in [0.3, 0.4) is 0 Å². The topological polar surface area (TPSA) is 106 Å². The number of thiophene rings is 1. The number of nitrogens with zero attached hydrogens (tertiary/aromatic N) is 7. The summed E-state index contributed by atoms with van der Waals surface area (Å²) in [5, 5.41) is 1.11. The van der Waals surface area contributed by atoms with Crippen LogP contribution in [0, 0.1) is 0 Å². The molecule has 188 valence electrons. The molecule has 35 heavy (non-hydrogen) atoms. The summed E-state index contributed by atoms with van der Waals surface area (Å²) in [4.78, 5) is 27.7. The number of hydrogen-bond acceptors (Lipinski definition) is 11. The molecular formula is C24H34N8O2S. The molecule has 3 aromatic rings. The largest absolute Gasteiger partial charge is 0.383 e. The van der Waals surface area contributed by atoms with Crippen molar-refractivity contribution in [3.63, 3.8) is 0 Å². The molecule has 3 aromatic heterocycles. The highest BCUT2D eigenvalue weighted by Crippen LogP contribution is 2.34. The molecule has 0 aliphatic carbocycles. The lowest BCUT2D eigenvalue weighted by molar-refractivity contribution is 0.0948. The summed E-state index contributed by atoms with van der Waals surface area (Å²) in [5.41, 5.74) is 6.45. The monoisotopic (exact) mass is 498 g/mol. The van der Waals surface area contributed by atoms with E-state index in [-0.39, 0.29) is 5.95 Å². The van der Waals surface area contributed by atoms with Crippen LogP contribution in [0.5, 0.6) is 0 Å². The summed E-state index contributed by atoms with van der Waals surface area (Å²) in [6.45, 7) is 7.97. The van der Waals surface area contributed by atoms with Gasteiger partial charge in [0.1, 0.15) is 10.6 Å². The average Bonchev–Trinajstić information content (AvgIpc) is 3.30. The molecular weight excluding hydrogens is 464 g/mol. The molecule has 0 spiro atoms. The fraction of sp³-hybridized carbons (Fsp3) is 0.583. The highest BCUT2D eigenvalue weighted by molar-refractivity contribution is 7.18. The number of hydrogen-bond donors (Lipinski definition) is 1. The van der Waals surface area contributed by atoms with Gasteiger partial charge in [0.15, 0.2) is 5.82 Å². The molecule has 2 aliphatic rings. The smallest absolute Gasteiger partial charge is 0.219 e. The Hall–Kier alpha value is -2.44. The number of piperidine rings is 1. The van der Waals surface area contributed by atoms with Crippen molar-refractivity contribution in [1.82, 2.24) is 29.7 Å². The second kappa shape index (κ2) is 11.1. The van der Waals surface area contributed by atoms with Crippen molar-refractivity contribution in [2.75, 3.05) is 77.3 Å². The second-order valence-electron chi connectivity index (χ2n) is 9.21. The SMILES string of the molecule is COCCN(C)C1CCN(Cc2cc3c(N4CCOCC4)nc(-c4cnc(N)nc4)nc3s2)CC1. The first kappa shape index (κ1) is 24.3. The van der Waals surface area contributed by atoms with Crippen LogP contribution in [0.2, 0.25) is 0 Å². The fourth-order valence-corrected chi connectivity index (χ4v) is 5.85. The number of ether oxygens (including phenoxy) is 2. The Bertz CT molecular complexity index is 1110. The van der Waals surface area contributed by atoms with Crippen LogP contribution in [0.4, 0.5) is 11.8 Å². The van der Waals surface area contributed by atoms with E-state index in [1.165, 1.54) is 17.7 Å². The summed E-state index contributed by atoms with van der Waals surface area (Å²) < 4.78 is 10.8. The number of fused-ring (bicyclic) bond motifs is 1. The Balaban J connectivity index is 1.36. The van der Waals surface area contributed by atoms with Crippen molar-refractivity contribution < 1.29 is 9.47 Å². The van der Waals surface area contributed by atoms with Crippen molar-refractivity contribution in [2.45, 2.75) is 25.4 Å². The maximum Gasteiger partial charge on any atom is 0.219 e. The second-order valence-corrected chi connectivity index (χ2v) is 10.3. The van der Waals surface area contributed by atoms with Gasteiger partial charge in [-0.1, -0.05) is 0 Å². The molecule has 11 heteroatoms. The number of anilines is 2. The Morgan fingerprint density at radius 3 is 2.60 bits per heavy atom. The first-order valence-electron chi connectivity index (χ1n) is 12.2. The van der Waals surface area contributed by atoms with Crippen LogP contribution >= 0.6 is 11.3 Å². The summed E-state index contributed by atoms with van der Waals surface area (Å²) in [6.07, 6.45) is 5.75. The maximum atomic E-state index is 5.68. The molecule has 0 saturated carbocycles. The van der Waals surface area contributed by atoms with E-state index in [0.717, 1.165) is 67.5 Å². The number of rotatable bonds is 8. The zero-order chi connectivity index (χ0) is 24.2. The van der Waals surface area contributed by atoms with Crippen molar-refractivity contribution in [3.05, 3.63) is 23.3 Å². The van der Waals surface area contributed by atoms with Crippen molar-refractivity contribution >= 4 is 33.3 Å². The molecule has 0 aromatic carbocycles. The zero-order valence-corrected chi connectivity index (χ0v) is 21.3. The minimum atomic E-state index is 0.246. The molecule has 0 unspecified atom stereocenters. The Morgan fingerprint density at radius 2 is 1.89 bits per heavy atom. The van der Waals surface area contributed by atoms with Gasteiger partial charge in [0.05, 0.1) is 30.8 Å². The minimum absolute atomic E-state index is 0.246. The zero-order valence-electron chi connectivity index (χ0n) is 20.5. The molecule has 2 saturated heterocycles. The highest BCUT2D eigenvalue weighted by Gasteiger charge is 2.24. The molecule has 5 heterocycles. The molecule has 0 bridgehead atoms. The molecule has 0 atom stereocenters. The molecule has 2 aliphatic heterocycles. The lowest BCUT2D eigenvalue weighted by Gasteiger charge is -2.36. The first-order chi connectivity index (χ1) is 17.1. The molecule has 10 nitrogen and oxygen atoms in total.